The van der Waals surface area contributed by atoms with Gasteiger partial charge < -0.3 is 5.32 Å². The van der Waals surface area contributed by atoms with Gasteiger partial charge in [0.15, 0.2) is 0 Å². The topological polar surface area (TPSA) is 29.1 Å². The second-order valence-corrected chi connectivity index (χ2v) is 4.26. The van der Waals surface area contributed by atoms with Crippen LogP contribution in [-0.2, 0) is 4.79 Å². The van der Waals surface area contributed by atoms with Crippen LogP contribution in [0.5, 0.6) is 0 Å². The molecule has 0 aromatic carbocycles. The summed E-state index contributed by atoms with van der Waals surface area (Å²) in [5.41, 5.74) is 0. The van der Waals surface area contributed by atoms with Gasteiger partial charge in [0.25, 0.3) is 0 Å². The quantitative estimate of drug-likeness (QED) is 0.532. The van der Waals surface area contributed by atoms with Crippen molar-refractivity contribution in [1.29, 1.82) is 0 Å². The van der Waals surface area contributed by atoms with Crippen LogP contribution in [0.25, 0.3) is 0 Å². The summed E-state index contributed by atoms with van der Waals surface area (Å²) in [5, 5.41) is 3.08. The Kier molecular flexibility index (Phi) is 1.18. The summed E-state index contributed by atoms with van der Waals surface area (Å²) in [4.78, 5) is 11.4. The van der Waals surface area contributed by atoms with E-state index in [1.807, 2.05) is 0 Å². The molecule has 2 heterocycles. The molecule has 4 aliphatic rings. The number of rotatable bonds is 0. The fraction of sp³-hybridized carbons (Fsp3) is 0.700. The summed E-state index contributed by atoms with van der Waals surface area (Å²) >= 11 is 0. The van der Waals surface area contributed by atoms with Gasteiger partial charge in [-0.1, -0.05) is 12.2 Å². The van der Waals surface area contributed by atoms with Crippen LogP contribution in [0.3, 0.4) is 0 Å². The Bertz CT molecular complexity index is 259. The van der Waals surface area contributed by atoms with Crippen molar-refractivity contribution in [3.63, 3.8) is 0 Å². The maximum absolute atomic E-state index is 11.4. The van der Waals surface area contributed by atoms with Crippen LogP contribution in [0.4, 0.5) is 0 Å². The molecule has 2 fully saturated rings. The predicted octanol–water partition coefficient (Wildman–Crippen LogP) is 1.09. The van der Waals surface area contributed by atoms with Gasteiger partial charge in [-0.15, -0.1) is 0 Å². The van der Waals surface area contributed by atoms with Crippen LogP contribution in [0.1, 0.15) is 19.3 Å². The second kappa shape index (κ2) is 2.12. The molecule has 0 radical (unpaired) electrons. The molecule has 2 nitrogen and oxygen atoms in total. The van der Waals surface area contributed by atoms with E-state index in [0.29, 0.717) is 6.04 Å². The highest BCUT2D eigenvalue weighted by molar-refractivity contribution is 5.82. The lowest BCUT2D eigenvalue weighted by molar-refractivity contribution is -0.125. The molecule has 0 aromatic rings. The molecular weight excluding hydrogens is 150 g/mol. The Hall–Kier alpha value is -0.790. The van der Waals surface area contributed by atoms with Crippen molar-refractivity contribution in [2.75, 3.05) is 0 Å². The van der Waals surface area contributed by atoms with Crippen LogP contribution in [0, 0.1) is 17.8 Å². The number of carbonyl (C=O) groups excluding carboxylic acids is 1. The smallest absolute Gasteiger partial charge is 0.227 e. The van der Waals surface area contributed by atoms with Gasteiger partial charge in [-0.2, -0.15) is 0 Å². The molecule has 0 aromatic heterocycles. The number of carbonyl (C=O) groups is 1. The van der Waals surface area contributed by atoms with E-state index < -0.39 is 0 Å². The van der Waals surface area contributed by atoms with Crippen molar-refractivity contribution in [3.05, 3.63) is 12.2 Å². The van der Waals surface area contributed by atoms with Gasteiger partial charge in [-0.3, -0.25) is 4.79 Å². The molecule has 1 saturated carbocycles. The lowest BCUT2D eigenvalue weighted by Gasteiger charge is -2.26. The average molecular weight is 163 g/mol. The fourth-order valence-corrected chi connectivity index (χ4v) is 2.57. The van der Waals surface area contributed by atoms with Gasteiger partial charge in [-0.05, 0) is 31.1 Å². The van der Waals surface area contributed by atoms with Crippen molar-refractivity contribution >= 4 is 5.91 Å². The highest BCUT2D eigenvalue weighted by Crippen LogP contribution is 2.48. The van der Waals surface area contributed by atoms with E-state index in [-0.39, 0.29) is 11.8 Å². The van der Waals surface area contributed by atoms with E-state index in [0.717, 1.165) is 18.3 Å². The molecule has 0 spiro atoms. The maximum atomic E-state index is 11.4. The average Bonchev–Trinajstić information content (AvgIpc) is 2.76. The van der Waals surface area contributed by atoms with E-state index in [1.165, 1.54) is 12.8 Å². The molecule has 1 amide bonds. The Labute approximate surface area is 72.0 Å². The van der Waals surface area contributed by atoms with Crippen LogP contribution in [-0.4, -0.2) is 11.9 Å². The fourth-order valence-electron chi connectivity index (χ4n) is 2.57. The van der Waals surface area contributed by atoms with Crippen molar-refractivity contribution in [1.82, 2.24) is 5.32 Å². The largest absolute Gasteiger partial charge is 0.349 e. The molecule has 0 unspecified atom stereocenters. The molecule has 1 N–H and O–H groups in total. The number of hydrogen-bond acceptors (Lipinski definition) is 1. The first-order valence-electron chi connectivity index (χ1n) is 4.83. The first-order chi connectivity index (χ1) is 5.84. The lowest BCUT2D eigenvalue weighted by atomic mass is 9.90. The highest BCUT2D eigenvalue weighted by atomic mass is 16.2. The number of amides is 1. The number of hydrogen-bond donors (Lipinski definition) is 1. The Morgan fingerprint density at radius 1 is 1.33 bits per heavy atom. The van der Waals surface area contributed by atoms with Crippen LogP contribution in [0.2, 0.25) is 0 Å². The summed E-state index contributed by atoms with van der Waals surface area (Å²) in [7, 11) is 0. The first-order valence-corrected chi connectivity index (χ1v) is 4.83. The zero-order chi connectivity index (χ0) is 8.13. The molecule has 1 saturated heterocycles. The van der Waals surface area contributed by atoms with E-state index in [9.17, 15) is 4.79 Å². The van der Waals surface area contributed by atoms with Crippen LogP contribution in [0.15, 0.2) is 12.2 Å². The van der Waals surface area contributed by atoms with Crippen molar-refractivity contribution < 1.29 is 4.79 Å². The normalized spacial score (nSPS) is 49.2. The van der Waals surface area contributed by atoms with Crippen LogP contribution < -0.4 is 5.32 Å². The van der Waals surface area contributed by atoms with E-state index in [4.69, 9.17) is 0 Å². The third-order valence-corrected chi connectivity index (χ3v) is 3.48. The summed E-state index contributed by atoms with van der Waals surface area (Å²) in [6, 6.07) is 0.374. The van der Waals surface area contributed by atoms with Gasteiger partial charge in [0.2, 0.25) is 5.91 Å². The zero-order valence-electron chi connectivity index (χ0n) is 6.99. The SMILES string of the molecule is O=C1N[C@H]2C=C[C@H]1CC[C@@H]1C[C@@H]12. The third kappa shape index (κ3) is 0.838. The van der Waals surface area contributed by atoms with Crippen molar-refractivity contribution in [3.8, 4) is 0 Å². The minimum absolute atomic E-state index is 0.183. The molecular formula is C10H13NO. The van der Waals surface area contributed by atoms with Gasteiger partial charge in [0.05, 0.1) is 12.0 Å². The standard InChI is InChI=1S/C10H13NO/c12-10-6-1-2-7-5-8(7)9(11-10)4-3-6/h3-4,6-9H,1-2,5H2,(H,11,12)/t6-,7-,8+,9+/m1/s1. The van der Waals surface area contributed by atoms with Gasteiger partial charge >= 0.3 is 0 Å². The summed E-state index contributed by atoms with van der Waals surface area (Å²) in [6.07, 6.45) is 7.98. The number of nitrogens with one attached hydrogen (secondary N) is 1. The minimum atomic E-state index is 0.183. The molecule has 2 aliphatic heterocycles. The molecule has 64 valence electrons. The Morgan fingerprint density at radius 3 is 3.08 bits per heavy atom. The second-order valence-electron chi connectivity index (χ2n) is 4.26. The van der Waals surface area contributed by atoms with Gasteiger partial charge in [0, 0.05) is 0 Å². The Morgan fingerprint density at radius 2 is 2.25 bits per heavy atom. The monoisotopic (exact) mass is 163 g/mol. The summed E-state index contributed by atoms with van der Waals surface area (Å²) in [6.45, 7) is 0. The molecule has 12 heavy (non-hydrogen) atoms. The highest BCUT2D eigenvalue weighted by Gasteiger charge is 2.46. The van der Waals surface area contributed by atoms with E-state index in [1.54, 1.807) is 0 Å². The molecule has 4 atom stereocenters. The lowest BCUT2D eigenvalue weighted by Crippen LogP contribution is -2.43. The molecule has 2 heteroatoms. The molecule has 4 rings (SSSR count). The van der Waals surface area contributed by atoms with Crippen molar-refractivity contribution in [2.45, 2.75) is 25.3 Å². The van der Waals surface area contributed by atoms with Crippen LogP contribution >= 0.6 is 0 Å². The predicted molar refractivity (Wildman–Crippen MR) is 45.4 cm³/mol. The molecule has 2 aliphatic carbocycles. The Balaban J connectivity index is 1.93. The van der Waals surface area contributed by atoms with Gasteiger partial charge in [-0.25, -0.2) is 0 Å². The minimum Gasteiger partial charge on any atom is -0.349 e. The maximum Gasteiger partial charge on any atom is 0.227 e. The third-order valence-electron chi connectivity index (χ3n) is 3.48. The molecule has 2 bridgehead atoms. The summed E-state index contributed by atoms with van der Waals surface area (Å²) < 4.78 is 0. The zero-order valence-corrected chi connectivity index (χ0v) is 6.99. The van der Waals surface area contributed by atoms with E-state index >= 15 is 0 Å². The summed E-state index contributed by atoms with van der Waals surface area (Å²) in [5.74, 6) is 2.13. The van der Waals surface area contributed by atoms with Gasteiger partial charge in [0.1, 0.15) is 0 Å². The number of fused-ring (bicyclic) bond motifs is 2. The van der Waals surface area contributed by atoms with Crippen molar-refractivity contribution in [2.24, 2.45) is 17.8 Å². The van der Waals surface area contributed by atoms with E-state index in [2.05, 4.69) is 17.5 Å². The first kappa shape index (κ1) is 6.70.